The normalized spacial score (nSPS) is 18.8. The van der Waals surface area contributed by atoms with Gasteiger partial charge < -0.3 is 14.8 Å². The lowest BCUT2D eigenvalue weighted by Gasteiger charge is -2.42. The Morgan fingerprint density at radius 3 is 2.88 bits per heavy atom. The summed E-state index contributed by atoms with van der Waals surface area (Å²) in [5.41, 5.74) is -0.821. The first kappa shape index (κ1) is 18.7. The van der Waals surface area contributed by atoms with Crippen molar-refractivity contribution in [3.63, 3.8) is 0 Å². The van der Waals surface area contributed by atoms with Gasteiger partial charge in [-0.05, 0) is 19.1 Å². The number of hydrogen-bond acceptors (Lipinski definition) is 6. The molecule has 1 saturated heterocycles. The summed E-state index contributed by atoms with van der Waals surface area (Å²) in [6, 6.07) is 5.40. The van der Waals surface area contributed by atoms with Crippen molar-refractivity contribution >= 4 is 18.5 Å². The molecule has 1 aromatic rings. The maximum absolute atomic E-state index is 13.0. The number of hydrogen-bond donors (Lipinski definition) is 2. The summed E-state index contributed by atoms with van der Waals surface area (Å²) in [6.07, 6.45) is 1.64. The molecule has 2 rings (SSSR count). The lowest BCUT2D eigenvalue weighted by atomic mass is 9.95. The van der Waals surface area contributed by atoms with Crippen LogP contribution < -0.4 is 5.32 Å². The highest BCUT2D eigenvalue weighted by Gasteiger charge is 2.50. The molecule has 0 bridgehead atoms. The predicted octanol–water partition coefficient (Wildman–Crippen LogP) is 0.651. The second kappa shape index (κ2) is 9.04. The smallest absolute Gasteiger partial charge is 0.261 e. The number of carbonyl (C=O) groups excluding carboxylic acids is 1. The molecule has 0 aromatic carbocycles. The van der Waals surface area contributed by atoms with Crippen LogP contribution >= 0.6 is 12.6 Å². The average molecular weight is 349 g/mol. The predicted molar refractivity (Wildman–Crippen MR) is 94.5 cm³/mol. The Morgan fingerprint density at radius 1 is 1.54 bits per heavy atom. The molecule has 0 spiro atoms. The standard InChI is InChI=1S/C17H23N3O3S/c1-3-4-8-19-15(21)17(22-2,14-7-5-6-9-18-14)16(24)20-10-12-23-13-11-20/h5-7,9,16,24H,8,10-13H2,1-2H3,(H,19,21). The van der Waals surface area contributed by atoms with E-state index in [-0.39, 0.29) is 12.5 Å². The number of aromatic nitrogens is 1. The third-order valence-electron chi connectivity index (χ3n) is 3.97. The Hall–Kier alpha value is -1.59. The highest BCUT2D eigenvalue weighted by Crippen LogP contribution is 2.34. The molecular weight excluding hydrogens is 326 g/mol. The fourth-order valence-electron chi connectivity index (χ4n) is 2.67. The zero-order valence-electron chi connectivity index (χ0n) is 14.0. The van der Waals surface area contributed by atoms with Gasteiger partial charge in [0.1, 0.15) is 0 Å². The maximum Gasteiger partial charge on any atom is 0.261 e. The fraction of sp³-hybridized carbons (Fsp3) is 0.529. The number of amides is 1. The van der Waals surface area contributed by atoms with Crippen LogP contribution in [0.1, 0.15) is 12.6 Å². The van der Waals surface area contributed by atoms with Gasteiger partial charge in [0.25, 0.3) is 5.91 Å². The average Bonchev–Trinajstić information content (AvgIpc) is 2.64. The van der Waals surface area contributed by atoms with Gasteiger partial charge in [0.2, 0.25) is 5.60 Å². The van der Waals surface area contributed by atoms with Gasteiger partial charge in [-0.3, -0.25) is 14.7 Å². The van der Waals surface area contributed by atoms with Crippen LogP contribution in [-0.4, -0.2) is 61.1 Å². The molecule has 7 heteroatoms. The van der Waals surface area contributed by atoms with E-state index in [1.807, 2.05) is 6.07 Å². The highest BCUT2D eigenvalue weighted by atomic mass is 32.1. The van der Waals surface area contributed by atoms with Gasteiger partial charge in [0, 0.05) is 26.4 Å². The van der Waals surface area contributed by atoms with E-state index in [2.05, 4.69) is 27.0 Å². The first-order chi connectivity index (χ1) is 11.7. The molecule has 1 aromatic heterocycles. The first-order valence-corrected chi connectivity index (χ1v) is 8.33. The number of thiol groups is 1. The van der Waals surface area contributed by atoms with E-state index in [1.54, 1.807) is 25.3 Å². The van der Waals surface area contributed by atoms with Crippen LogP contribution in [0.5, 0.6) is 0 Å². The number of pyridine rings is 1. The third kappa shape index (κ3) is 3.90. The van der Waals surface area contributed by atoms with E-state index in [0.29, 0.717) is 32.0 Å². The molecule has 2 unspecified atom stereocenters. The topological polar surface area (TPSA) is 63.7 Å². The first-order valence-electron chi connectivity index (χ1n) is 7.81. The van der Waals surface area contributed by atoms with Crippen molar-refractivity contribution in [1.82, 2.24) is 15.2 Å². The molecular formula is C17H23N3O3S. The summed E-state index contributed by atoms with van der Waals surface area (Å²) < 4.78 is 11.1. The minimum atomic E-state index is -1.34. The Labute approximate surface area is 148 Å². The SMILES string of the molecule is CC#CCNC(=O)C(OC)(c1ccccn1)C(S)N1CCOCC1. The summed E-state index contributed by atoms with van der Waals surface area (Å²) in [5.74, 6) is 5.28. The lowest BCUT2D eigenvalue weighted by molar-refractivity contribution is -0.152. The molecule has 6 nitrogen and oxygen atoms in total. The van der Waals surface area contributed by atoms with E-state index in [4.69, 9.17) is 22.1 Å². The van der Waals surface area contributed by atoms with E-state index < -0.39 is 11.0 Å². The molecule has 1 aliphatic rings. The second-order valence-electron chi connectivity index (χ2n) is 5.29. The Balaban J connectivity index is 2.37. The maximum atomic E-state index is 13.0. The minimum absolute atomic E-state index is 0.247. The zero-order valence-corrected chi connectivity index (χ0v) is 14.9. The van der Waals surface area contributed by atoms with Crippen molar-refractivity contribution < 1.29 is 14.3 Å². The quantitative estimate of drug-likeness (QED) is 0.583. The van der Waals surface area contributed by atoms with Gasteiger partial charge in [0.15, 0.2) is 0 Å². The fourth-order valence-corrected chi connectivity index (χ4v) is 3.26. The number of nitrogens with one attached hydrogen (secondary N) is 1. The molecule has 1 fully saturated rings. The summed E-state index contributed by atoms with van der Waals surface area (Å²) in [4.78, 5) is 19.4. The number of ether oxygens (including phenoxy) is 2. The monoisotopic (exact) mass is 349 g/mol. The molecule has 0 radical (unpaired) electrons. The summed E-state index contributed by atoms with van der Waals surface area (Å²) in [7, 11) is 1.50. The molecule has 2 heterocycles. The van der Waals surface area contributed by atoms with Crippen molar-refractivity contribution in [2.24, 2.45) is 0 Å². The number of nitrogens with zero attached hydrogens (tertiary/aromatic N) is 2. The number of rotatable bonds is 6. The molecule has 1 aliphatic heterocycles. The van der Waals surface area contributed by atoms with Crippen LogP contribution in [0.3, 0.4) is 0 Å². The Kier molecular flexibility index (Phi) is 7.06. The molecule has 24 heavy (non-hydrogen) atoms. The minimum Gasteiger partial charge on any atom is -0.379 e. The Bertz CT molecular complexity index is 596. The molecule has 1 amide bonds. The number of methoxy groups -OCH3 is 1. The molecule has 130 valence electrons. The van der Waals surface area contributed by atoms with Gasteiger partial charge in [0.05, 0.1) is 30.8 Å². The van der Waals surface area contributed by atoms with Gasteiger partial charge in [-0.25, -0.2) is 0 Å². The van der Waals surface area contributed by atoms with Crippen LogP contribution in [0.25, 0.3) is 0 Å². The van der Waals surface area contributed by atoms with Gasteiger partial charge in [-0.15, -0.1) is 5.92 Å². The van der Waals surface area contributed by atoms with Crippen molar-refractivity contribution in [2.75, 3.05) is 40.0 Å². The molecule has 2 atom stereocenters. The van der Waals surface area contributed by atoms with E-state index in [9.17, 15) is 4.79 Å². The largest absolute Gasteiger partial charge is 0.379 e. The van der Waals surface area contributed by atoms with Gasteiger partial charge in [-0.2, -0.15) is 12.6 Å². The zero-order chi connectivity index (χ0) is 17.4. The van der Waals surface area contributed by atoms with Gasteiger partial charge >= 0.3 is 0 Å². The van der Waals surface area contributed by atoms with E-state index in [1.165, 1.54) is 7.11 Å². The molecule has 0 saturated carbocycles. The van der Waals surface area contributed by atoms with Crippen molar-refractivity contribution in [3.8, 4) is 11.8 Å². The Morgan fingerprint density at radius 2 is 2.29 bits per heavy atom. The van der Waals surface area contributed by atoms with E-state index >= 15 is 0 Å². The number of carbonyl (C=O) groups is 1. The van der Waals surface area contributed by atoms with Crippen LogP contribution in [0.2, 0.25) is 0 Å². The molecule has 0 aliphatic carbocycles. The van der Waals surface area contributed by atoms with Crippen LogP contribution in [-0.2, 0) is 19.9 Å². The van der Waals surface area contributed by atoms with Gasteiger partial charge in [-0.1, -0.05) is 12.0 Å². The van der Waals surface area contributed by atoms with Crippen molar-refractivity contribution in [3.05, 3.63) is 30.1 Å². The van der Waals surface area contributed by atoms with Crippen molar-refractivity contribution in [2.45, 2.75) is 17.9 Å². The summed E-state index contributed by atoms with van der Waals surface area (Å²) in [5, 5.41) is 2.31. The van der Waals surface area contributed by atoms with Crippen LogP contribution in [0.4, 0.5) is 0 Å². The molecule has 1 N–H and O–H groups in total. The second-order valence-corrected chi connectivity index (χ2v) is 5.78. The number of morpholine rings is 1. The van der Waals surface area contributed by atoms with E-state index in [0.717, 1.165) is 0 Å². The van der Waals surface area contributed by atoms with Crippen molar-refractivity contribution in [1.29, 1.82) is 0 Å². The van der Waals surface area contributed by atoms with Crippen LogP contribution in [0, 0.1) is 11.8 Å². The lowest BCUT2D eigenvalue weighted by Crippen LogP contribution is -2.59. The highest BCUT2D eigenvalue weighted by molar-refractivity contribution is 7.81. The summed E-state index contributed by atoms with van der Waals surface area (Å²) in [6.45, 7) is 4.52. The summed E-state index contributed by atoms with van der Waals surface area (Å²) >= 11 is 4.74. The van der Waals surface area contributed by atoms with Crippen LogP contribution in [0.15, 0.2) is 24.4 Å². The third-order valence-corrected chi connectivity index (χ3v) is 4.66.